The summed E-state index contributed by atoms with van der Waals surface area (Å²) in [5.41, 5.74) is 11.1. The molecule has 0 spiro atoms. The van der Waals surface area contributed by atoms with E-state index in [-0.39, 0.29) is 12.0 Å². The molecule has 1 atom stereocenters. The normalized spacial score (nSPS) is 12.4. The van der Waals surface area contributed by atoms with Gasteiger partial charge < -0.3 is 21.5 Å². The number of hydrogen-bond acceptors (Lipinski definition) is 6. The van der Waals surface area contributed by atoms with Gasteiger partial charge in [-0.25, -0.2) is 0 Å². The van der Waals surface area contributed by atoms with Gasteiger partial charge in [-0.05, 0) is 6.42 Å². The molecule has 0 aromatic carbocycles. The van der Waals surface area contributed by atoms with E-state index in [4.69, 9.17) is 16.2 Å². The number of nitrogens with two attached hydrogens (primary N) is 2. The van der Waals surface area contributed by atoms with E-state index in [9.17, 15) is 0 Å². The van der Waals surface area contributed by atoms with Crippen LogP contribution in [0.3, 0.4) is 0 Å². The van der Waals surface area contributed by atoms with Crippen LogP contribution in [0.5, 0.6) is 0 Å². The third-order valence-electron chi connectivity index (χ3n) is 2.12. The van der Waals surface area contributed by atoms with Gasteiger partial charge in [0.25, 0.3) is 0 Å². The second kappa shape index (κ2) is 6.12. The third-order valence-corrected chi connectivity index (χ3v) is 2.12. The second-order valence-corrected chi connectivity index (χ2v) is 3.62. The van der Waals surface area contributed by atoms with Crippen LogP contribution in [0.4, 0.5) is 17.6 Å². The zero-order valence-corrected chi connectivity index (χ0v) is 9.73. The van der Waals surface area contributed by atoms with E-state index in [0.29, 0.717) is 18.2 Å². The number of nitrogen functional groups attached to an aromatic ring is 2. The van der Waals surface area contributed by atoms with Crippen molar-refractivity contribution in [3.63, 3.8) is 0 Å². The Morgan fingerprint density at radius 2 is 2.19 bits per heavy atom. The Bertz CT molecular complexity index is 305. The molecule has 6 heteroatoms. The number of nitrogens with zero attached hydrogens (tertiary/aromatic N) is 2. The molecule has 0 saturated heterocycles. The number of methoxy groups -OCH3 is 1. The Morgan fingerprint density at radius 1 is 1.44 bits per heavy atom. The second-order valence-electron chi connectivity index (χ2n) is 3.62. The van der Waals surface area contributed by atoms with E-state index in [1.165, 1.54) is 0 Å². The van der Waals surface area contributed by atoms with E-state index < -0.39 is 0 Å². The van der Waals surface area contributed by atoms with Gasteiger partial charge >= 0.3 is 0 Å². The highest BCUT2D eigenvalue weighted by Crippen LogP contribution is 2.12. The Kier molecular flexibility index (Phi) is 4.78. The maximum atomic E-state index is 5.58. The van der Waals surface area contributed by atoms with Crippen molar-refractivity contribution in [1.29, 1.82) is 0 Å². The molecule has 16 heavy (non-hydrogen) atoms. The van der Waals surface area contributed by atoms with Gasteiger partial charge in [0, 0.05) is 13.2 Å². The van der Waals surface area contributed by atoms with Crippen molar-refractivity contribution in [3.05, 3.63) is 6.07 Å². The molecule has 0 aliphatic carbocycles. The Hall–Kier alpha value is -1.56. The zero-order chi connectivity index (χ0) is 12.0. The van der Waals surface area contributed by atoms with Crippen molar-refractivity contribution in [1.82, 2.24) is 9.97 Å². The fourth-order valence-corrected chi connectivity index (χ4v) is 1.52. The third kappa shape index (κ3) is 3.90. The molecule has 90 valence electrons. The monoisotopic (exact) mass is 225 g/mol. The lowest BCUT2D eigenvalue weighted by molar-refractivity contribution is 0.182. The largest absolute Gasteiger partial charge is 0.383 e. The molecule has 0 bridgehead atoms. The standard InChI is InChI=1S/C10H19N5O/c1-3-4-7(6-16-2)13-9-5-8(11)14-10(12)15-9/h5,7H,3-4,6H2,1-2H3,(H5,11,12,13,14,15). The average Bonchev–Trinajstić information content (AvgIpc) is 2.16. The molecule has 5 N–H and O–H groups in total. The molecule has 1 rings (SSSR count). The minimum absolute atomic E-state index is 0.176. The summed E-state index contributed by atoms with van der Waals surface area (Å²) in [6.07, 6.45) is 2.06. The summed E-state index contributed by atoms with van der Waals surface area (Å²) in [5.74, 6) is 1.18. The zero-order valence-electron chi connectivity index (χ0n) is 9.73. The van der Waals surface area contributed by atoms with Crippen LogP contribution >= 0.6 is 0 Å². The molecular weight excluding hydrogens is 206 g/mol. The van der Waals surface area contributed by atoms with Gasteiger partial charge in [-0.3, -0.25) is 0 Å². The predicted molar refractivity (Wildman–Crippen MR) is 65.1 cm³/mol. The van der Waals surface area contributed by atoms with Gasteiger partial charge in [0.1, 0.15) is 11.6 Å². The topological polar surface area (TPSA) is 99.1 Å². The summed E-state index contributed by atoms with van der Waals surface area (Å²) >= 11 is 0. The van der Waals surface area contributed by atoms with Crippen molar-refractivity contribution in [3.8, 4) is 0 Å². The van der Waals surface area contributed by atoms with E-state index in [2.05, 4.69) is 22.2 Å². The lowest BCUT2D eigenvalue weighted by atomic mass is 10.2. The molecule has 1 aromatic heterocycles. The highest BCUT2D eigenvalue weighted by molar-refractivity contribution is 5.48. The predicted octanol–water partition coefficient (Wildman–Crippen LogP) is 0.868. The number of nitrogens with one attached hydrogen (secondary N) is 1. The fraction of sp³-hybridized carbons (Fsp3) is 0.600. The molecule has 0 amide bonds. The van der Waals surface area contributed by atoms with Crippen molar-refractivity contribution >= 4 is 17.6 Å². The molecule has 0 radical (unpaired) electrons. The first-order chi connectivity index (χ1) is 7.65. The van der Waals surface area contributed by atoms with Crippen molar-refractivity contribution in [2.75, 3.05) is 30.5 Å². The fourth-order valence-electron chi connectivity index (χ4n) is 1.52. The Balaban J connectivity index is 2.68. The number of rotatable bonds is 6. The number of hydrogen-bond donors (Lipinski definition) is 3. The Morgan fingerprint density at radius 3 is 2.75 bits per heavy atom. The van der Waals surface area contributed by atoms with Gasteiger partial charge in [0.05, 0.1) is 12.6 Å². The van der Waals surface area contributed by atoms with Gasteiger partial charge in [-0.2, -0.15) is 9.97 Å². The minimum Gasteiger partial charge on any atom is -0.383 e. The van der Waals surface area contributed by atoms with Crippen LogP contribution in [0.2, 0.25) is 0 Å². The first-order valence-corrected chi connectivity index (χ1v) is 5.31. The van der Waals surface area contributed by atoms with E-state index in [1.54, 1.807) is 13.2 Å². The highest BCUT2D eigenvalue weighted by atomic mass is 16.5. The lowest BCUT2D eigenvalue weighted by Gasteiger charge is -2.17. The summed E-state index contributed by atoms with van der Waals surface area (Å²) in [4.78, 5) is 7.87. The number of ether oxygens (including phenoxy) is 1. The number of anilines is 3. The molecular formula is C10H19N5O. The van der Waals surface area contributed by atoms with Gasteiger partial charge in [-0.15, -0.1) is 0 Å². The van der Waals surface area contributed by atoms with Crippen molar-refractivity contribution in [2.24, 2.45) is 0 Å². The van der Waals surface area contributed by atoms with Crippen LogP contribution in [0.15, 0.2) is 6.07 Å². The maximum absolute atomic E-state index is 5.58. The molecule has 1 aromatic rings. The van der Waals surface area contributed by atoms with Gasteiger partial charge in [-0.1, -0.05) is 13.3 Å². The van der Waals surface area contributed by atoms with E-state index >= 15 is 0 Å². The molecule has 1 heterocycles. The van der Waals surface area contributed by atoms with Crippen LogP contribution < -0.4 is 16.8 Å². The van der Waals surface area contributed by atoms with Crippen molar-refractivity contribution < 1.29 is 4.74 Å². The van der Waals surface area contributed by atoms with Gasteiger partial charge in [0.2, 0.25) is 5.95 Å². The van der Waals surface area contributed by atoms with Crippen molar-refractivity contribution in [2.45, 2.75) is 25.8 Å². The summed E-state index contributed by atoms with van der Waals surface area (Å²) in [5, 5.41) is 3.23. The Labute approximate surface area is 95.4 Å². The molecule has 1 unspecified atom stereocenters. The van der Waals surface area contributed by atoms with Crippen LogP contribution in [0.25, 0.3) is 0 Å². The smallest absolute Gasteiger partial charge is 0.223 e. The first-order valence-electron chi connectivity index (χ1n) is 5.31. The van der Waals surface area contributed by atoms with Gasteiger partial charge in [0.15, 0.2) is 0 Å². The summed E-state index contributed by atoms with van der Waals surface area (Å²) < 4.78 is 5.12. The minimum atomic E-state index is 0.176. The average molecular weight is 225 g/mol. The molecule has 0 saturated carbocycles. The molecule has 6 nitrogen and oxygen atoms in total. The quantitative estimate of drug-likeness (QED) is 0.664. The maximum Gasteiger partial charge on any atom is 0.223 e. The summed E-state index contributed by atoms with van der Waals surface area (Å²) in [6, 6.07) is 1.87. The van der Waals surface area contributed by atoms with Crippen LogP contribution in [0, 0.1) is 0 Å². The van der Waals surface area contributed by atoms with Crippen LogP contribution in [-0.2, 0) is 4.74 Å². The molecule has 0 fully saturated rings. The summed E-state index contributed by atoms with van der Waals surface area (Å²) in [6.45, 7) is 2.74. The SMILES string of the molecule is CCCC(COC)Nc1cc(N)nc(N)n1. The van der Waals surface area contributed by atoms with E-state index in [0.717, 1.165) is 12.8 Å². The van der Waals surface area contributed by atoms with Crippen LogP contribution in [0.1, 0.15) is 19.8 Å². The molecule has 0 aliphatic rings. The highest BCUT2D eigenvalue weighted by Gasteiger charge is 2.08. The summed E-state index contributed by atoms with van der Waals surface area (Å²) in [7, 11) is 1.67. The van der Waals surface area contributed by atoms with E-state index in [1.807, 2.05) is 0 Å². The number of aromatic nitrogens is 2. The first kappa shape index (κ1) is 12.5. The van der Waals surface area contributed by atoms with Crippen LogP contribution in [-0.4, -0.2) is 29.7 Å². The molecule has 0 aliphatic heterocycles. The lowest BCUT2D eigenvalue weighted by Crippen LogP contribution is -2.25.